The molecule has 5 nitrogen and oxygen atoms in total. The summed E-state index contributed by atoms with van der Waals surface area (Å²) in [5, 5.41) is 9.08. The van der Waals surface area contributed by atoms with Gasteiger partial charge in [0.2, 0.25) is 5.88 Å². The van der Waals surface area contributed by atoms with Crippen molar-refractivity contribution in [3.05, 3.63) is 51.9 Å². The van der Waals surface area contributed by atoms with E-state index in [0.29, 0.717) is 21.1 Å². The second-order valence-corrected chi connectivity index (χ2v) is 5.58. The van der Waals surface area contributed by atoms with Crippen LogP contribution in [0, 0.1) is 0 Å². The maximum absolute atomic E-state index is 6.27. The van der Waals surface area contributed by atoms with Crippen LogP contribution in [0.3, 0.4) is 0 Å². The average Bonchev–Trinajstić information content (AvgIpc) is 2.94. The predicted molar refractivity (Wildman–Crippen MR) is 86.2 cm³/mol. The van der Waals surface area contributed by atoms with Crippen molar-refractivity contribution in [1.82, 2.24) is 20.0 Å². The number of hydrogen-bond acceptors (Lipinski definition) is 4. The number of hydrogen-bond donors (Lipinski definition) is 0. The monoisotopic (exact) mass is 354 g/mol. The summed E-state index contributed by atoms with van der Waals surface area (Å²) in [7, 11) is 1.54. The van der Waals surface area contributed by atoms with Crippen molar-refractivity contribution in [2.45, 2.75) is 0 Å². The van der Waals surface area contributed by atoms with Crippen molar-refractivity contribution in [3.63, 3.8) is 0 Å². The number of rotatable bonds is 3. The Morgan fingerprint density at radius 3 is 2.59 bits per heavy atom. The molecule has 1 aromatic carbocycles. The number of pyridine rings is 1. The van der Waals surface area contributed by atoms with Crippen LogP contribution in [0.5, 0.6) is 5.88 Å². The van der Waals surface area contributed by atoms with Crippen LogP contribution in [0.2, 0.25) is 15.2 Å². The minimum atomic E-state index is 0.291. The lowest BCUT2D eigenvalue weighted by molar-refractivity contribution is 0.398. The van der Waals surface area contributed by atoms with E-state index in [4.69, 9.17) is 39.5 Å². The Kier molecular flexibility index (Phi) is 4.20. The van der Waals surface area contributed by atoms with Gasteiger partial charge >= 0.3 is 0 Å². The van der Waals surface area contributed by atoms with Gasteiger partial charge in [0, 0.05) is 22.2 Å². The third kappa shape index (κ3) is 2.88. The van der Waals surface area contributed by atoms with E-state index in [2.05, 4.69) is 15.3 Å². The summed E-state index contributed by atoms with van der Waals surface area (Å²) in [4.78, 5) is 4.07. The molecule has 0 unspecified atom stereocenters. The Morgan fingerprint density at radius 1 is 1.09 bits per heavy atom. The molecule has 0 spiro atoms. The highest BCUT2D eigenvalue weighted by atomic mass is 35.5. The molecule has 0 radical (unpaired) electrons. The van der Waals surface area contributed by atoms with Crippen LogP contribution in [0.25, 0.3) is 16.8 Å². The molecule has 0 N–H and O–H groups in total. The molecule has 0 amide bonds. The largest absolute Gasteiger partial charge is 0.481 e. The van der Waals surface area contributed by atoms with Crippen LogP contribution in [0.15, 0.2) is 36.7 Å². The zero-order valence-electron chi connectivity index (χ0n) is 11.3. The van der Waals surface area contributed by atoms with Gasteiger partial charge in [0.25, 0.3) is 0 Å². The third-order valence-corrected chi connectivity index (χ3v) is 3.71. The van der Waals surface area contributed by atoms with E-state index in [1.165, 1.54) is 13.3 Å². The minimum absolute atomic E-state index is 0.291. The van der Waals surface area contributed by atoms with E-state index in [0.717, 1.165) is 16.8 Å². The summed E-state index contributed by atoms with van der Waals surface area (Å²) in [5.41, 5.74) is 2.22. The van der Waals surface area contributed by atoms with Gasteiger partial charge in [-0.3, -0.25) is 0 Å². The number of aromatic nitrogens is 4. The number of halogens is 3. The van der Waals surface area contributed by atoms with Gasteiger partial charge in [0.1, 0.15) is 0 Å². The van der Waals surface area contributed by atoms with Crippen molar-refractivity contribution in [3.8, 4) is 22.7 Å². The first-order chi connectivity index (χ1) is 10.6. The van der Waals surface area contributed by atoms with Crippen molar-refractivity contribution in [1.29, 1.82) is 0 Å². The molecular formula is C14H9Cl3N4O. The molecule has 112 valence electrons. The Morgan fingerprint density at radius 2 is 1.91 bits per heavy atom. The highest BCUT2D eigenvalue weighted by Crippen LogP contribution is 2.35. The first kappa shape index (κ1) is 15.1. The Balaban J connectivity index is 2.24. The molecule has 0 fully saturated rings. The average molecular weight is 356 g/mol. The van der Waals surface area contributed by atoms with Crippen LogP contribution in [-0.4, -0.2) is 27.1 Å². The lowest BCUT2D eigenvalue weighted by Crippen LogP contribution is -1.99. The van der Waals surface area contributed by atoms with E-state index < -0.39 is 0 Å². The topological polar surface area (TPSA) is 52.8 Å². The summed E-state index contributed by atoms with van der Waals surface area (Å²) < 4.78 is 6.71. The first-order valence-corrected chi connectivity index (χ1v) is 7.29. The molecule has 0 saturated carbocycles. The highest BCUT2D eigenvalue weighted by molar-refractivity contribution is 6.34. The SMILES string of the molecule is COc1cc(-c2cc(Cl)ccc2-n2cc(Cl)nn2)c(Cl)cn1. The lowest BCUT2D eigenvalue weighted by atomic mass is 10.0. The molecule has 3 aromatic rings. The maximum atomic E-state index is 6.27. The molecule has 2 heterocycles. The Hall–Kier alpha value is -1.82. The fourth-order valence-corrected chi connectivity index (χ4v) is 2.53. The standard InChI is InChI=1S/C14H9Cl3N4O/c1-22-14-5-9(11(16)6-18-14)10-4-8(15)2-3-12(10)21-7-13(17)19-20-21/h2-7H,1H3. The highest BCUT2D eigenvalue weighted by Gasteiger charge is 2.14. The molecule has 0 aliphatic heterocycles. The second kappa shape index (κ2) is 6.12. The predicted octanol–water partition coefficient (Wildman–Crippen LogP) is 4.30. The second-order valence-electron chi connectivity index (χ2n) is 4.35. The Bertz CT molecular complexity index is 835. The van der Waals surface area contributed by atoms with Gasteiger partial charge in [-0.25, -0.2) is 9.67 Å². The normalized spacial score (nSPS) is 10.7. The quantitative estimate of drug-likeness (QED) is 0.703. The van der Waals surface area contributed by atoms with Crippen LogP contribution in [0.4, 0.5) is 0 Å². The summed E-state index contributed by atoms with van der Waals surface area (Å²) in [5.74, 6) is 0.446. The first-order valence-electron chi connectivity index (χ1n) is 6.16. The summed E-state index contributed by atoms with van der Waals surface area (Å²) in [6.45, 7) is 0. The molecule has 0 aliphatic rings. The van der Waals surface area contributed by atoms with Gasteiger partial charge in [0.15, 0.2) is 5.15 Å². The third-order valence-electron chi connectivity index (χ3n) is 3.00. The molecule has 0 aliphatic carbocycles. The van der Waals surface area contributed by atoms with Gasteiger partial charge in [-0.2, -0.15) is 0 Å². The molecule has 8 heteroatoms. The van der Waals surface area contributed by atoms with Crippen LogP contribution in [0.1, 0.15) is 0 Å². The Labute approximate surface area is 141 Å². The molecule has 0 bridgehead atoms. The van der Waals surface area contributed by atoms with E-state index >= 15 is 0 Å². The number of nitrogens with zero attached hydrogens (tertiary/aromatic N) is 4. The number of benzene rings is 1. The van der Waals surface area contributed by atoms with E-state index in [1.54, 1.807) is 29.1 Å². The van der Waals surface area contributed by atoms with Gasteiger partial charge in [0.05, 0.1) is 30.2 Å². The smallest absolute Gasteiger partial charge is 0.213 e. The van der Waals surface area contributed by atoms with Gasteiger partial charge in [-0.15, -0.1) is 5.10 Å². The van der Waals surface area contributed by atoms with Gasteiger partial charge in [-0.1, -0.05) is 40.0 Å². The lowest BCUT2D eigenvalue weighted by Gasteiger charge is -2.12. The molecule has 0 atom stereocenters. The summed E-state index contributed by atoms with van der Waals surface area (Å²) in [6.07, 6.45) is 3.12. The van der Waals surface area contributed by atoms with Crippen molar-refractivity contribution >= 4 is 34.8 Å². The van der Waals surface area contributed by atoms with E-state index in [1.807, 2.05) is 6.07 Å². The molecule has 0 saturated heterocycles. The fourth-order valence-electron chi connectivity index (χ4n) is 2.02. The zero-order chi connectivity index (χ0) is 15.7. The number of methoxy groups -OCH3 is 1. The van der Waals surface area contributed by atoms with E-state index in [9.17, 15) is 0 Å². The van der Waals surface area contributed by atoms with E-state index in [-0.39, 0.29) is 0 Å². The maximum Gasteiger partial charge on any atom is 0.213 e. The summed E-state index contributed by atoms with van der Waals surface area (Å²) in [6, 6.07) is 7.08. The van der Waals surface area contributed by atoms with Gasteiger partial charge < -0.3 is 4.74 Å². The fraction of sp³-hybridized carbons (Fsp3) is 0.0714. The zero-order valence-corrected chi connectivity index (χ0v) is 13.6. The van der Waals surface area contributed by atoms with Crippen molar-refractivity contribution in [2.75, 3.05) is 7.11 Å². The van der Waals surface area contributed by atoms with Crippen molar-refractivity contribution < 1.29 is 4.74 Å². The molecule has 2 aromatic heterocycles. The molecule has 22 heavy (non-hydrogen) atoms. The molecule has 3 rings (SSSR count). The number of ether oxygens (including phenoxy) is 1. The van der Waals surface area contributed by atoms with Crippen molar-refractivity contribution in [2.24, 2.45) is 0 Å². The van der Waals surface area contributed by atoms with Gasteiger partial charge in [-0.05, 0) is 18.2 Å². The van der Waals surface area contributed by atoms with Crippen LogP contribution >= 0.6 is 34.8 Å². The summed E-state index contributed by atoms with van der Waals surface area (Å²) >= 11 is 18.2. The van der Waals surface area contributed by atoms with Crippen LogP contribution in [-0.2, 0) is 0 Å². The molecular weight excluding hydrogens is 347 g/mol. The van der Waals surface area contributed by atoms with Crippen LogP contribution < -0.4 is 4.74 Å². The minimum Gasteiger partial charge on any atom is -0.481 e.